The van der Waals surface area contributed by atoms with Crippen molar-refractivity contribution in [3.05, 3.63) is 35.9 Å². The number of amides is 3. The Bertz CT molecular complexity index is 466. The van der Waals surface area contributed by atoms with Crippen LogP contribution in [0.15, 0.2) is 30.3 Å². The lowest BCUT2D eigenvalue weighted by atomic mass is 9.95. The van der Waals surface area contributed by atoms with E-state index in [1.165, 1.54) is 7.05 Å². The third-order valence-electron chi connectivity index (χ3n) is 3.09. The quantitative estimate of drug-likeness (QED) is 0.564. The van der Waals surface area contributed by atoms with E-state index in [2.05, 4.69) is 32.1 Å². The maximum atomic E-state index is 12.2. The number of halogens is 1. The molecular formula is C12H14BrN3O2. The lowest BCUT2D eigenvalue weighted by Gasteiger charge is -2.16. The van der Waals surface area contributed by atoms with E-state index in [9.17, 15) is 9.59 Å². The monoisotopic (exact) mass is 311 g/mol. The van der Waals surface area contributed by atoms with Crippen molar-refractivity contribution < 1.29 is 9.59 Å². The molecule has 3 amide bonds. The van der Waals surface area contributed by atoms with Gasteiger partial charge in [0.25, 0.3) is 0 Å². The minimum atomic E-state index is -0.581. The Hall–Kier alpha value is -1.56. The molecule has 2 unspecified atom stereocenters. The average molecular weight is 312 g/mol. The fourth-order valence-corrected chi connectivity index (χ4v) is 2.89. The van der Waals surface area contributed by atoms with Crippen molar-refractivity contribution in [1.29, 1.82) is 0 Å². The number of carbonyl (C=O) groups is 2. The first-order chi connectivity index (χ1) is 8.61. The average Bonchev–Trinajstić information content (AvgIpc) is 3.09. The van der Waals surface area contributed by atoms with Crippen LogP contribution in [0.25, 0.3) is 0 Å². The fraction of sp³-hybridized carbons (Fsp3) is 0.333. The summed E-state index contributed by atoms with van der Waals surface area (Å²) in [5.74, 6) is -0.209. The maximum absolute atomic E-state index is 12.2. The molecule has 1 aromatic rings. The number of hydrogen-bond acceptors (Lipinski definition) is 2. The molecule has 6 heteroatoms. The smallest absolute Gasteiger partial charge is 0.333 e. The molecular weight excluding hydrogens is 298 g/mol. The van der Waals surface area contributed by atoms with Crippen molar-refractivity contribution in [3.63, 3.8) is 0 Å². The van der Waals surface area contributed by atoms with E-state index >= 15 is 0 Å². The maximum Gasteiger partial charge on any atom is 0.333 e. The summed E-state index contributed by atoms with van der Waals surface area (Å²) in [6, 6.07) is 9.09. The number of benzene rings is 1. The van der Waals surface area contributed by atoms with Crippen LogP contribution in [0.3, 0.4) is 0 Å². The number of nitrogens with one attached hydrogen (secondary N) is 3. The number of hydrazine groups is 1. The molecule has 1 aliphatic rings. The first kappa shape index (κ1) is 12.9. The first-order valence-corrected chi connectivity index (χ1v) is 6.50. The van der Waals surface area contributed by atoms with E-state index < -0.39 is 11.4 Å². The molecule has 0 heterocycles. The van der Waals surface area contributed by atoms with E-state index in [0.29, 0.717) is 0 Å². The Kier molecular flexibility index (Phi) is 3.56. The Balaban J connectivity index is 2.10. The van der Waals surface area contributed by atoms with Gasteiger partial charge in [-0.2, -0.15) is 0 Å². The molecule has 1 aromatic carbocycles. The third-order valence-corrected chi connectivity index (χ3v) is 4.19. The highest BCUT2D eigenvalue weighted by atomic mass is 79.9. The van der Waals surface area contributed by atoms with Gasteiger partial charge in [-0.25, -0.2) is 10.2 Å². The second-order valence-corrected chi connectivity index (χ2v) is 5.27. The highest BCUT2D eigenvalue weighted by Gasteiger charge is 2.60. The van der Waals surface area contributed by atoms with Crippen LogP contribution in [-0.2, 0) is 10.2 Å². The van der Waals surface area contributed by atoms with Crippen molar-refractivity contribution in [3.8, 4) is 0 Å². The van der Waals surface area contributed by atoms with Gasteiger partial charge in [-0.1, -0.05) is 46.3 Å². The van der Waals surface area contributed by atoms with Crippen molar-refractivity contribution in [2.75, 3.05) is 7.05 Å². The highest BCUT2D eigenvalue weighted by molar-refractivity contribution is 9.09. The van der Waals surface area contributed by atoms with Gasteiger partial charge in [0.2, 0.25) is 5.91 Å². The zero-order chi connectivity index (χ0) is 13.2. The van der Waals surface area contributed by atoms with Gasteiger partial charge in [-0.05, 0) is 12.0 Å². The zero-order valence-electron chi connectivity index (χ0n) is 9.87. The van der Waals surface area contributed by atoms with Gasteiger partial charge < -0.3 is 5.32 Å². The molecule has 0 radical (unpaired) electrons. The Morgan fingerprint density at radius 3 is 2.39 bits per heavy atom. The number of rotatable bonds is 2. The SMILES string of the molecule is CNC(=O)NNC(=O)C1(c2ccccc2)CC1Br. The molecule has 18 heavy (non-hydrogen) atoms. The van der Waals surface area contributed by atoms with Crippen molar-refractivity contribution in [1.82, 2.24) is 16.2 Å². The van der Waals surface area contributed by atoms with Crippen LogP contribution in [-0.4, -0.2) is 23.8 Å². The lowest BCUT2D eigenvalue weighted by Crippen LogP contribution is -2.50. The van der Waals surface area contributed by atoms with Gasteiger partial charge in [0.05, 0.1) is 5.41 Å². The van der Waals surface area contributed by atoms with E-state index in [-0.39, 0.29) is 10.7 Å². The zero-order valence-corrected chi connectivity index (χ0v) is 11.5. The molecule has 2 rings (SSSR count). The van der Waals surface area contributed by atoms with Gasteiger partial charge in [-0.15, -0.1) is 0 Å². The molecule has 0 spiro atoms. The van der Waals surface area contributed by atoms with Crippen LogP contribution in [0, 0.1) is 0 Å². The number of carbonyl (C=O) groups excluding carboxylic acids is 2. The predicted molar refractivity (Wildman–Crippen MR) is 71.2 cm³/mol. The summed E-state index contributed by atoms with van der Waals surface area (Å²) in [6.07, 6.45) is 0.721. The van der Waals surface area contributed by atoms with Gasteiger partial charge in [0.1, 0.15) is 0 Å². The van der Waals surface area contributed by atoms with Crippen molar-refractivity contribution in [2.24, 2.45) is 0 Å². The first-order valence-electron chi connectivity index (χ1n) is 5.59. The van der Waals surface area contributed by atoms with Crippen LogP contribution in [0.2, 0.25) is 0 Å². The molecule has 96 valence electrons. The molecule has 1 saturated carbocycles. The lowest BCUT2D eigenvalue weighted by molar-refractivity contribution is -0.124. The molecule has 0 aromatic heterocycles. The predicted octanol–water partition coefficient (Wildman–Crippen LogP) is 1.05. The third kappa shape index (κ3) is 2.20. The topological polar surface area (TPSA) is 70.2 Å². The number of urea groups is 1. The molecule has 1 aliphatic carbocycles. The van der Waals surface area contributed by atoms with E-state index in [1.807, 2.05) is 30.3 Å². The minimum absolute atomic E-state index is 0.0962. The van der Waals surface area contributed by atoms with E-state index in [0.717, 1.165) is 12.0 Å². The van der Waals surface area contributed by atoms with Gasteiger partial charge in [0, 0.05) is 11.9 Å². The molecule has 1 fully saturated rings. The second kappa shape index (κ2) is 4.97. The minimum Gasteiger partial charge on any atom is -0.340 e. The number of hydrogen-bond donors (Lipinski definition) is 3. The van der Waals surface area contributed by atoms with Crippen molar-refractivity contribution >= 4 is 27.9 Å². The van der Waals surface area contributed by atoms with Crippen LogP contribution >= 0.6 is 15.9 Å². The second-order valence-electron chi connectivity index (χ2n) is 4.17. The fourth-order valence-electron chi connectivity index (χ4n) is 1.91. The van der Waals surface area contributed by atoms with Crippen LogP contribution in [0.5, 0.6) is 0 Å². The Morgan fingerprint density at radius 2 is 1.89 bits per heavy atom. The molecule has 0 bridgehead atoms. The van der Waals surface area contributed by atoms with E-state index in [4.69, 9.17) is 0 Å². The van der Waals surface area contributed by atoms with Gasteiger partial charge in [0.15, 0.2) is 0 Å². The van der Waals surface area contributed by atoms with Crippen molar-refractivity contribution in [2.45, 2.75) is 16.7 Å². The summed E-state index contributed by atoms with van der Waals surface area (Å²) in [5.41, 5.74) is 5.10. The molecule has 5 nitrogen and oxygen atoms in total. The summed E-state index contributed by atoms with van der Waals surface area (Å²) in [7, 11) is 1.48. The molecule has 2 atom stereocenters. The molecule has 3 N–H and O–H groups in total. The summed E-state index contributed by atoms with van der Waals surface area (Å²) in [4.78, 5) is 23.3. The van der Waals surface area contributed by atoms with E-state index in [1.54, 1.807) is 0 Å². The largest absolute Gasteiger partial charge is 0.340 e. The van der Waals surface area contributed by atoms with Gasteiger partial charge in [-0.3, -0.25) is 10.2 Å². The summed E-state index contributed by atoms with van der Waals surface area (Å²) in [5, 5.41) is 2.37. The summed E-state index contributed by atoms with van der Waals surface area (Å²) in [6.45, 7) is 0. The Morgan fingerprint density at radius 1 is 1.28 bits per heavy atom. The summed E-state index contributed by atoms with van der Waals surface area (Å²) < 4.78 is 0. The van der Waals surface area contributed by atoms with Crippen LogP contribution in [0.4, 0.5) is 4.79 Å². The molecule has 0 aliphatic heterocycles. The standard InChI is InChI=1S/C12H14BrN3O2/c1-14-11(18)16-15-10(17)12(7-9(12)13)8-5-3-2-4-6-8/h2-6,9H,7H2,1H3,(H,15,17)(H2,14,16,18). The highest BCUT2D eigenvalue weighted by Crippen LogP contribution is 2.53. The van der Waals surface area contributed by atoms with Gasteiger partial charge >= 0.3 is 6.03 Å². The normalized spacial score (nSPS) is 25.1. The Labute approximate surface area is 113 Å². The molecule has 0 saturated heterocycles. The number of alkyl halides is 1. The van der Waals surface area contributed by atoms with Crippen LogP contribution < -0.4 is 16.2 Å². The van der Waals surface area contributed by atoms with Crippen LogP contribution in [0.1, 0.15) is 12.0 Å². The summed E-state index contributed by atoms with van der Waals surface area (Å²) >= 11 is 3.48.